The number of rotatable bonds is 5. The summed E-state index contributed by atoms with van der Waals surface area (Å²) in [5, 5.41) is 12.5. The van der Waals surface area contributed by atoms with Crippen molar-refractivity contribution in [2.45, 2.75) is 57.8 Å². The predicted octanol–water partition coefficient (Wildman–Crippen LogP) is 0.644. The Kier molecular flexibility index (Phi) is 5.34. The maximum Gasteiger partial charge on any atom is 0.498 e. The Hall–Kier alpha value is -1.22. The van der Waals surface area contributed by atoms with Crippen LogP contribution < -0.4 is 10.8 Å². The molecule has 0 amide bonds. The number of nitrogens with one attached hydrogen (secondary N) is 1. The van der Waals surface area contributed by atoms with E-state index in [0.717, 1.165) is 37.9 Å². The van der Waals surface area contributed by atoms with Crippen molar-refractivity contribution in [3.8, 4) is 0 Å². The largest absolute Gasteiger partial charge is 0.498 e. The summed E-state index contributed by atoms with van der Waals surface area (Å²) >= 11 is 0. The summed E-state index contributed by atoms with van der Waals surface area (Å²) in [5.74, 6) is 0.621. The number of anilines is 1. The fraction of sp³-hybridized carbons (Fsp3) is 0.765. The fourth-order valence-electron chi connectivity index (χ4n) is 3.21. The SMILES string of the molecule is CC1(C)OB(c2cnc(N[C@@H]3CCCN(CCO)C3)nc2)OC1(C)C. The van der Waals surface area contributed by atoms with Crippen LogP contribution in [0.1, 0.15) is 40.5 Å². The van der Waals surface area contributed by atoms with Crippen LogP contribution in [0, 0.1) is 0 Å². The maximum atomic E-state index is 9.09. The van der Waals surface area contributed by atoms with Crippen molar-refractivity contribution in [3.05, 3.63) is 12.4 Å². The summed E-state index contributed by atoms with van der Waals surface area (Å²) in [6.45, 7) is 11.0. The highest BCUT2D eigenvalue weighted by Crippen LogP contribution is 2.36. The molecule has 1 atom stereocenters. The van der Waals surface area contributed by atoms with E-state index in [1.807, 2.05) is 27.7 Å². The first-order valence-corrected chi connectivity index (χ1v) is 9.08. The Morgan fingerprint density at radius 2 is 1.88 bits per heavy atom. The zero-order valence-corrected chi connectivity index (χ0v) is 15.7. The molecule has 0 aromatic carbocycles. The third kappa shape index (κ3) is 4.14. The zero-order valence-electron chi connectivity index (χ0n) is 15.7. The molecule has 0 saturated carbocycles. The molecule has 0 radical (unpaired) electrons. The van der Waals surface area contributed by atoms with Crippen LogP contribution in [0.25, 0.3) is 0 Å². The summed E-state index contributed by atoms with van der Waals surface area (Å²) < 4.78 is 12.1. The van der Waals surface area contributed by atoms with Gasteiger partial charge in [0.15, 0.2) is 0 Å². The second kappa shape index (κ2) is 7.19. The first-order chi connectivity index (χ1) is 11.8. The van der Waals surface area contributed by atoms with Crippen molar-refractivity contribution in [1.82, 2.24) is 14.9 Å². The molecule has 1 aromatic rings. The van der Waals surface area contributed by atoms with E-state index in [9.17, 15) is 0 Å². The quantitative estimate of drug-likeness (QED) is 0.756. The molecule has 2 N–H and O–H groups in total. The number of aromatic nitrogens is 2. The van der Waals surface area contributed by atoms with Crippen LogP contribution in [-0.2, 0) is 9.31 Å². The van der Waals surface area contributed by atoms with Crippen LogP contribution in [0.3, 0.4) is 0 Å². The summed E-state index contributed by atoms with van der Waals surface area (Å²) in [6, 6.07) is 0.308. The maximum absolute atomic E-state index is 9.09. The fourth-order valence-corrected chi connectivity index (χ4v) is 3.21. The van der Waals surface area contributed by atoms with Gasteiger partial charge in [-0.25, -0.2) is 9.97 Å². The van der Waals surface area contributed by atoms with E-state index in [-0.39, 0.29) is 17.8 Å². The molecular formula is C17H29BN4O3. The van der Waals surface area contributed by atoms with Gasteiger partial charge in [0.05, 0.1) is 17.8 Å². The third-order valence-electron chi connectivity index (χ3n) is 5.45. The van der Waals surface area contributed by atoms with Gasteiger partial charge in [-0.1, -0.05) is 0 Å². The minimum absolute atomic E-state index is 0.200. The predicted molar refractivity (Wildman–Crippen MR) is 97.9 cm³/mol. The zero-order chi connectivity index (χ0) is 18.1. The lowest BCUT2D eigenvalue weighted by molar-refractivity contribution is 0.00578. The number of nitrogens with zero attached hydrogens (tertiary/aromatic N) is 3. The van der Waals surface area contributed by atoms with Gasteiger partial charge in [-0.05, 0) is 47.1 Å². The average Bonchev–Trinajstić information content (AvgIpc) is 2.77. The van der Waals surface area contributed by atoms with Crippen molar-refractivity contribution in [1.29, 1.82) is 0 Å². The normalized spacial score (nSPS) is 26.0. The minimum atomic E-state index is -0.436. The van der Waals surface area contributed by atoms with Crippen molar-refractivity contribution in [2.75, 3.05) is 31.6 Å². The summed E-state index contributed by atoms with van der Waals surface area (Å²) in [6.07, 6.45) is 5.74. The molecule has 7 nitrogen and oxygen atoms in total. The van der Waals surface area contributed by atoms with Gasteiger partial charge < -0.3 is 19.7 Å². The lowest BCUT2D eigenvalue weighted by Gasteiger charge is -2.32. The number of likely N-dealkylation sites (tertiary alicyclic amines) is 1. The van der Waals surface area contributed by atoms with Gasteiger partial charge in [-0.2, -0.15) is 0 Å². The first kappa shape index (κ1) is 18.6. The highest BCUT2D eigenvalue weighted by Gasteiger charge is 2.51. The highest BCUT2D eigenvalue weighted by atomic mass is 16.7. The number of aliphatic hydroxyl groups is 1. The van der Waals surface area contributed by atoms with Gasteiger partial charge in [0, 0.05) is 37.0 Å². The van der Waals surface area contributed by atoms with E-state index in [4.69, 9.17) is 14.4 Å². The topological polar surface area (TPSA) is 79.7 Å². The van der Waals surface area contributed by atoms with Gasteiger partial charge in [-0.15, -0.1) is 0 Å². The lowest BCUT2D eigenvalue weighted by Crippen LogP contribution is -2.43. The molecule has 2 aliphatic heterocycles. The summed E-state index contributed by atoms with van der Waals surface area (Å²) in [5.41, 5.74) is 0.0921. The van der Waals surface area contributed by atoms with Crippen LogP contribution in [0.2, 0.25) is 0 Å². The van der Waals surface area contributed by atoms with E-state index in [1.165, 1.54) is 0 Å². The Labute approximate surface area is 150 Å². The molecule has 2 aliphatic rings. The number of aliphatic hydroxyl groups excluding tert-OH is 1. The summed E-state index contributed by atoms with van der Waals surface area (Å²) in [4.78, 5) is 11.1. The van der Waals surface area contributed by atoms with Crippen LogP contribution in [0.15, 0.2) is 12.4 Å². The molecule has 3 heterocycles. The molecule has 0 aliphatic carbocycles. The van der Waals surface area contributed by atoms with Crippen molar-refractivity contribution < 1.29 is 14.4 Å². The third-order valence-corrected chi connectivity index (χ3v) is 5.45. The number of hydrogen-bond acceptors (Lipinski definition) is 7. The van der Waals surface area contributed by atoms with Gasteiger partial charge in [0.25, 0.3) is 0 Å². The molecule has 0 unspecified atom stereocenters. The van der Waals surface area contributed by atoms with E-state index in [1.54, 1.807) is 12.4 Å². The van der Waals surface area contributed by atoms with Crippen LogP contribution in [-0.4, -0.2) is 70.6 Å². The van der Waals surface area contributed by atoms with E-state index < -0.39 is 7.12 Å². The van der Waals surface area contributed by atoms with Crippen LogP contribution in [0.5, 0.6) is 0 Å². The number of β-amino-alcohol motifs (C(OH)–C–C–N with tert-alkyl or cyclic N) is 1. The molecule has 0 bridgehead atoms. The Bertz CT molecular complexity index is 564. The van der Waals surface area contributed by atoms with Crippen LogP contribution in [0.4, 0.5) is 5.95 Å². The average molecular weight is 348 g/mol. The van der Waals surface area contributed by atoms with Gasteiger partial charge in [0.2, 0.25) is 5.95 Å². The van der Waals surface area contributed by atoms with Gasteiger partial charge in [0.1, 0.15) is 0 Å². The lowest BCUT2D eigenvalue weighted by atomic mass is 9.81. The van der Waals surface area contributed by atoms with Crippen molar-refractivity contribution in [2.24, 2.45) is 0 Å². The smallest absolute Gasteiger partial charge is 0.399 e. The molecule has 138 valence electrons. The Morgan fingerprint density at radius 3 is 2.48 bits per heavy atom. The standard InChI is InChI=1S/C17H29BN4O3/c1-16(2)17(3,4)25-18(24-16)13-10-19-15(20-11-13)21-14-6-5-7-22(12-14)8-9-23/h10-11,14,23H,5-9,12H2,1-4H3,(H,19,20,21)/t14-/m1/s1. The Balaban J connectivity index is 1.60. The van der Waals surface area contributed by atoms with Crippen LogP contribution >= 0.6 is 0 Å². The molecule has 25 heavy (non-hydrogen) atoms. The second-order valence-electron chi connectivity index (χ2n) is 7.94. The Morgan fingerprint density at radius 1 is 1.24 bits per heavy atom. The van der Waals surface area contributed by atoms with E-state index in [0.29, 0.717) is 12.0 Å². The molecular weight excluding hydrogens is 319 g/mol. The van der Waals surface area contributed by atoms with Crippen molar-refractivity contribution in [3.63, 3.8) is 0 Å². The highest BCUT2D eigenvalue weighted by molar-refractivity contribution is 6.61. The molecule has 3 rings (SSSR count). The molecule has 1 aromatic heterocycles. The molecule has 8 heteroatoms. The second-order valence-corrected chi connectivity index (χ2v) is 7.94. The summed E-state index contributed by atoms with van der Waals surface area (Å²) in [7, 11) is -0.436. The van der Waals surface area contributed by atoms with Gasteiger partial charge >= 0.3 is 7.12 Å². The molecule has 2 saturated heterocycles. The van der Waals surface area contributed by atoms with E-state index in [2.05, 4.69) is 20.2 Å². The monoisotopic (exact) mass is 348 g/mol. The molecule has 2 fully saturated rings. The number of piperidine rings is 1. The molecule has 0 spiro atoms. The van der Waals surface area contributed by atoms with Gasteiger partial charge in [-0.3, -0.25) is 4.90 Å². The van der Waals surface area contributed by atoms with E-state index >= 15 is 0 Å². The number of hydrogen-bond donors (Lipinski definition) is 2. The first-order valence-electron chi connectivity index (χ1n) is 9.08. The van der Waals surface area contributed by atoms with Crippen molar-refractivity contribution >= 4 is 18.5 Å². The minimum Gasteiger partial charge on any atom is -0.399 e.